The van der Waals surface area contributed by atoms with Crippen LogP contribution in [0.25, 0.3) is 0 Å². The molecule has 166 valence electrons. The van der Waals surface area contributed by atoms with Crippen LogP contribution in [-0.4, -0.2) is 41.5 Å². The smallest absolute Gasteiger partial charge is 0.121 e. The molecular formula is C25H37NO4. The maximum absolute atomic E-state index is 10.7. The number of ether oxygens (including phenoxy) is 1. The Labute approximate surface area is 207 Å². The van der Waals surface area contributed by atoms with E-state index in [1.807, 2.05) is 0 Å². The molecule has 2 aromatic rings. The van der Waals surface area contributed by atoms with Gasteiger partial charge in [0.05, 0.1) is 27.8 Å². The summed E-state index contributed by atoms with van der Waals surface area (Å²) < 4.78 is 158. The summed E-state index contributed by atoms with van der Waals surface area (Å²) in [6.45, 7) is -11.1. The Morgan fingerprint density at radius 1 is 1.07 bits per heavy atom. The van der Waals surface area contributed by atoms with Gasteiger partial charge in [0.15, 0.2) is 0 Å². The summed E-state index contributed by atoms with van der Waals surface area (Å²) in [4.78, 5) is 0. The number of aliphatic hydroxyl groups excluding tert-OH is 1. The summed E-state index contributed by atoms with van der Waals surface area (Å²) in [6, 6.07) is -3.22. The average molecular weight is 435 g/mol. The van der Waals surface area contributed by atoms with Crippen LogP contribution in [0.5, 0.6) is 5.75 Å². The van der Waals surface area contributed by atoms with Crippen molar-refractivity contribution in [2.75, 3.05) is 26.2 Å². The largest absolute Gasteiger partial charge is 0.508 e. The highest BCUT2D eigenvalue weighted by Crippen LogP contribution is 2.22. The Bertz CT molecular complexity index is 1490. The summed E-state index contributed by atoms with van der Waals surface area (Å²) in [5, 5.41) is 32.3. The molecule has 0 fully saturated rings. The van der Waals surface area contributed by atoms with Gasteiger partial charge in [-0.25, -0.2) is 0 Å². The van der Waals surface area contributed by atoms with E-state index in [-0.39, 0.29) is 31.8 Å². The van der Waals surface area contributed by atoms with Crippen LogP contribution in [-0.2, 0) is 17.7 Å². The SMILES string of the molecule is [2H]c1cc([2H])c(C([2H])([2H])C([2H])([2H])C([2H])([2H])C([2H])([2H])OC([2H])([2H])CCCCCNC([2H])([2H])C([2H])(O)c2c([2H])c([2H])c(O)c(CO)c2[2H])c([2H])c1. The fourth-order valence-corrected chi connectivity index (χ4v) is 2.08. The monoisotopic (exact) mass is 434 g/mol. The third-order valence-electron chi connectivity index (χ3n) is 3.57. The average Bonchev–Trinajstić information content (AvgIpc) is 2.92. The minimum absolute atomic E-state index is 0.0345. The van der Waals surface area contributed by atoms with Crippen molar-refractivity contribution in [2.45, 2.75) is 57.5 Å². The van der Waals surface area contributed by atoms with Crippen molar-refractivity contribution in [1.29, 1.82) is 0 Å². The van der Waals surface area contributed by atoms with Gasteiger partial charge < -0.3 is 25.4 Å². The maximum Gasteiger partial charge on any atom is 0.121 e. The zero-order valence-corrected chi connectivity index (χ0v) is 16.1. The summed E-state index contributed by atoms with van der Waals surface area (Å²) in [5.74, 6) is -0.931. The van der Waals surface area contributed by atoms with Gasteiger partial charge in [-0.05, 0) is 61.7 Å². The first-order valence-electron chi connectivity index (χ1n) is 18.6. The second-order valence-electron chi connectivity index (χ2n) is 5.79. The second-order valence-corrected chi connectivity index (χ2v) is 5.79. The Hall–Kier alpha value is -1.92. The van der Waals surface area contributed by atoms with Crippen LogP contribution < -0.4 is 5.32 Å². The lowest BCUT2D eigenvalue weighted by Gasteiger charge is -2.14. The molecule has 0 amide bonds. The van der Waals surface area contributed by atoms with Crippen molar-refractivity contribution in [3.05, 3.63) is 65.1 Å². The third-order valence-corrected chi connectivity index (χ3v) is 3.57. The molecule has 0 saturated heterocycles. The van der Waals surface area contributed by atoms with Crippen LogP contribution in [0.3, 0.4) is 0 Å². The molecule has 0 saturated carbocycles. The third kappa shape index (κ3) is 9.72. The summed E-state index contributed by atoms with van der Waals surface area (Å²) >= 11 is 0. The van der Waals surface area contributed by atoms with E-state index in [0.717, 1.165) is 12.1 Å². The number of hydrogen-bond donors (Lipinski definition) is 4. The van der Waals surface area contributed by atoms with Gasteiger partial charge in [0, 0.05) is 36.1 Å². The predicted octanol–water partition coefficient (Wildman–Crippen LogP) is 4.11. The molecule has 30 heavy (non-hydrogen) atoms. The number of aromatic hydroxyl groups is 1. The Morgan fingerprint density at radius 2 is 1.87 bits per heavy atom. The maximum atomic E-state index is 10.7. The number of nitrogens with one attached hydrogen (secondary N) is 1. The van der Waals surface area contributed by atoms with Crippen molar-refractivity contribution in [3.8, 4) is 5.75 Å². The van der Waals surface area contributed by atoms with E-state index >= 15 is 0 Å². The molecule has 0 spiro atoms. The summed E-state index contributed by atoms with van der Waals surface area (Å²) in [5.41, 5.74) is -2.53. The lowest BCUT2D eigenvalue weighted by atomic mass is 10.1. The molecule has 0 aromatic heterocycles. The van der Waals surface area contributed by atoms with Crippen LogP contribution >= 0.6 is 0 Å². The molecule has 0 aliphatic rings. The first-order chi connectivity index (χ1) is 21.9. The van der Waals surface area contributed by atoms with E-state index < -0.39 is 110 Å². The Morgan fingerprint density at radius 3 is 2.67 bits per heavy atom. The van der Waals surface area contributed by atoms with Crippen LogP contribution in [0.4, 0.5) is 0 Å². The molecule has 0 aliphatic heterocycles. The van der Waals surface area contributed by atoms with Crippen LogP contribution in [0.2, 0.25) is 0 Å². The van der Waals surface area contributed by atoms with Crippen LogP contribution in [0, 0.1) is 0 Å². The molecule has 2 aromatic carbocycles. The molecule has 2 rings (SSSR count). The first kappa shape index (κ1) is 8.91. The molecule has 0 radical (unpaired) electrons. The summed E-state index contributed by atoms with van der Waals surface area (Å²) in [6.07, 6.45) is -15.3. The van der Waals surface area contributed by atoms with Crippen molar-refractivity contribution >= 4 is 0 Å². The molecule has 0 heterocycles. The molecular weight excluding hydrogens is 378 g/mol. The zero-order valence-electron chi connectivity index (χ0n) is 35.1. The van der Waals surface area contributed by atoms with Crippen molar-refractivity contribution < 1.29 is 46.1 Å². The van der Waals surface area contributed by atoms with E-state index in [1.54, 1.807) is 0 Å². The molecule has 1 atom stereocenters. The highest BCUT2D eigenvalue weighted by atomic mass is 16.5. The second kappa shape index (κ2) is 15.0. The van der Waals surface area contributed by atoms with Crippen LogP contribution in [0.15, 0.2) is 48.4 Å². The highest BCUT2D eigenvalue weighted by molar-refractivity contribution is 5.36. The van der Waals surface area contributed by atoms with Crippen molar-refractivity contribution in [3.63, 3.8) is 0 Å². The molecule has 0 aliphatic carbocycles. The van der Waals surface area contributed by atoms with E-state index in [4.69, 9.17) is 30.8 Å². The lowest BCUT2D eigenvalue weighted by molar-refractivity contribution is 0.126. The number of rotatable bonds is 16. The van der Waals surface area contributed by atoms with Crippen molar-refractivity contribution in [2.24, 2.45) is 0 Å². The predicted molar refractivity (Wildman–Crippen MR) is 121 cm³/mol. The standard InChI is InChI=1S/C25H37NO4/c27-20-23-18-22(13-14-24(23)28)25(29)19-26-15-7-1-2-8-16-30-17-9-6-12-21-10-4-3-5-11-21/h3-5,10-11,13-14,18,25-29H,1-2,6-9,12,15-17,19-20H2/i3D,6D2,9D2,10D,11D,12D2,13D,14D,16D2,17D2,18D,19D2,25D. The van der Waals surface area contributed by atoms with E-state index in [9.17, 15) is 15.3 Å². The number of phenols is 1. The molecule has 4 N–H and O–H groups in total. The minimum Gasteiger partial charge on any atom is -0.508 e. The van der Waals surface area contributed by atoms with Gasteiger partial charge in [0.2, 0.25) is 0 Å². The van der Waals surface area contributed by atoms with E-state index in [2.05, 4.69) is 5.32 Å². The molecule has 1 unspecified atom stereocenters. The fraction of sp³-hybridized carbons (Fsp3) is 0.520. The lowest BCUT2D eigenvalue weighted by Crippen LogP contribution is -2.22. The zero-order chi connectivity index (χ0) is 38.3. The van der Waals surface area contributed by atoms with Gasteiger partial charge in [-0.2, -0.15) is 0 Å². The van der Waals surface area contributed by atoms with Crippen LogP contribution in [0.1, 0.15) is 87.2 Å². The normalized spacial score (nSPS) is 25.3. The number of hydrogen-bond acceptors (Lipinski definition) is 5. The van der Waals surface area contributed by atoms with Crippen molar-refractivity contribution in [1.82, 2.24) is 5.32 Å². The summed E-state index contributed by atoms with van der Waals surface area (Å²) in [7, 11) is 0. The van der Waals surface area contributed by atoms with Gasteiger partial charge in [0.25, 0.3) is 0 Å². The number of unbranched alkanes of at least 4 members (excludes halogenated alkanes) is 2. The van der Waals surface area contributed by atoms with E-state index in [1.165, 1.54) is 0 Å². The van der Waals surface area contributed by atoms with Gasteiger partial charge in [-0.1, -0.05) is 49.1 Å². The molecule has 0 bridgehead atoms. The van der Waals surface area contributed by atoms with Gasteiger partial charge in [-0.15, -0.1) is 0 Å². The van der Waals surface area contributed by atoms with Gasteiger partial charge in [-0.3, -0.25) is 0 Å². The number of benzene rings is 2. The fourth-order valence-electron chi connectivity index (χ4n) is 2.08. The first-order valence-corrected chi connectivity index (χ1v) is 9.14. The minimum atomic E-state index is -3.92. The number of aliphatic hydroxyl groups is 2. The van der Waals surface area contributed by atoms with E-state index in [0.29, 0.717) is 0 Å². The topological polar surface area (TPSA) is 82.0 Å². The Balaban J connectivity index is 2.10. The molecule has 5 nitrogen and oxygen atoms in total. The Kier molecular flexibility index (Phi) is 4.44. The van der Waals surface area contributed by atoms with Gasteiger partial charge in [0.1, 0.15) is 5.75 Å². The quantitative estimate of drug-likeness (QED) is 0.299. The van der Waals surface area contributed by atoms with Gasteiger partial charge >= 0.3 is 0 Å². The highest BCUT2D eigenvalue weighted by Gasteiger charge is 2.09. The molecule has 5 heteroatoms.